The number of methoxy groups -OCH3 is 1. The van der Waals surface area contributed by atoms with Gasteiger partial charge in [-0.1, -0.05) is 11.6 Å². The molecule has 0 saturated carbocycles. The Kier molecular flexibility index (Phi) is 6.15. The average molecular weight is 466 g/mol. The molecule has 11 heteroatoms. The number of carbonyl (C=O) groups is 1. The Labute approximate surface area is 184 Å². The summed E-state index contributed by atoms with van der Waals surface area (Å²) in [7, 11) is -2.48. The smallest absolute Gasteiger partial charge is 0.338 e. The standard InChI is InChI=1S/C20H20ClN3O6S/c1-28-17-4-2-14(10-18(17)31(26,27)24-6-8-29-9-7-24)20(25)30-13-16-12-23-11-15(21)3-5-19(23)22-16/h2-5,10-12H,6-9,13H2,1H3. The second-order valence-corrected chi connectivity index (χ2v) is 9.15. The van der Waals surface area contributed by atoms with Crippen LogP contribution in [0, 0.1) is 0 Å². The molecule has 1 fully saturated rings. The number of imidazole rings is 1. The van der Waals surface area contributed by atoms with Crippen LogP contribution in [0.2, 0.25) is 5.02 Å². The number of aromatic nitrogens is 2. The molecule has 3 aromatic rings. The molecular weight excluding hydrogens is 446 g/mol. The molecule has 164 valence electrons. The predicted molar refractivity (Wildman–Crippen MR) is 112 cm³/mol. The molecule has 1 aliphatic rings. The van der Waals surface area contributed by atoms with Crippen molar-refractivity contribution in [2.45, 2.75) is 11.5 Å². The lowest BCUT2D eigenvalue weighted by Crippen LogP contribution is -2.40. The molecule has 9 nitrogen and oxygen atoms in total. The summed E-state index contributed by atoms with van der Waals surface area (Å²) in [6.45, 7) is 1.02. The van der Waals surface area contributed by atoms with Crippen LogP contribution in [0.15, 0.2) is 47.6 Å². The van der Waals surface area contributed by atoms with Gasteiger partial charge in [-0.25, -0.2) is 18.2 Å². The lowest BCUT2D eigenvalue weighted by molar-refractivity contribution is 0.0468. The van der Waals surface area contributed by atoms with Crippen molar-refractivity contribution in [3.8, 4) is 5.75 Å². The van der Waals surface area contributed by atoms with E-state index in [0.29, 0.717) is 29.6 Å². The Morgan fingerprint density at radius 1 is 1.19 bits per heavy atom. The van der Waals surface area contributed by atoms with E-state index >= 15 is 0 Å². The normalized spacial score (nSPS) is 15.2. The topological polar surface area (TPSA) is 99.4 Å². The van der Waals surface area contributed by atoms with Gasteiger partial charge in [-0.15, -0.1) is 0 Å². The van der Waals surface area contributed by atoms with E-state index in [4.69, 9.17) is 25.8 Å². The zero-order valence-electron chi connectivity index (χ0n) is 16.7. The highest BCUT2D eigenvalue weighted by Crippen LogP contribution is 2.29. The Bertz CT molecular complexity index is 1220. The molecule has 0 N–H and O–H groups in total. The van der Waals surface area contributed by atoms with E-state index in [1.54, 1.807) is 28.9 Å². The monoisotopic (exact) mass is 465 g/mol. The van der Waals surface area contributed by atoms with Crippen molar-refractivity contribution in [3.05, 3.63) is 59.0 Å². The van der Waals surface area contributed by atoms with Crippen molar-refractivity contribution in [1.82, 2.24) is 13.7 Å². The summed E-state index contributed by atoms with van der Waals surface area (Å²) in [5, 5.41) is 0.556. The van der Waals surface area contributed by atoms with Crippen molar-refractivity contribution >= 4 is 33.2 Å². The zero-order valence-corrected chi connectivity index (χ0v) is 18.2. The van der Waals surface area contributed by atoms with Gasteiger partial charge < -0.3 is 18.6 Å². The van der Waals surface area contributed by atoms with Gasteiger partial charge in [0.15, 0.2) is 0 Å². The molecular formula is C20H20ClN3O6S. The van der Waals surface area contributed by atoms with Crippen molar-refractivity contribution in [2.24, 2.45) is 0 Å². The van der Waals surface area contributed by atoms with E-state index in [2.05, 4.69) is 4.98 Å². The Morgan fingerprint density at radius 2 is 1.97 bits per heavy atom. The number of hydrogen-bond acceptors (Lipinski definition) is 7. The van der Waals surface area contributed by atoms with Gasteiger partial charge in [0.1, 0.15) is 22.9 Å². The zero-order chi connectivity index (χ0) is 22.0. The molecule has 4 rings (SSSR count). The van der Waals surface area contributed by atoms with Gasteiger partial charge in [-0.2, -0.15) is 4.31 Å². The Morgan fingerprint density at radius 3 is 2.71 bits per heavy atom. The van der Waals surface area contributed by atoms with Gasteiger partial charge in [-0.05, 0) is 30.3 Å². The SMILES string of the molecule is COc1ccc(C(=O)OCc2cn3cc(Cl)ccc3n2)cc1S(=O)(=O)N1CCOCC1. The minimum Gasteiger partial charge on any atom is -0.495 e. The fourth-order valence-corrected chi connectivity index (χ4v) is 5.00. The first-order valence-corrected chi connectivity index (χ1v) is 11.3. The van der Waals surface area contributed by atoms with Gasteiger partial charge in [0, 0.05) is 25.5 Å². The number of benzene rings is 1. The van der Waals surface area contributed by atoms with Crippen molar-refractivity contribution in [1.29, 1.82) is 0 Å². The van der Waals surface area contributed by atoms with Crippen molar-refractivity contribution in [3.63, 3.8) is 0 Å². The number of carbonyl (C=O) groups excluding carboxylic acids is 1. The van der Waals surface area contributed by atoms with E-state index in [1.165, 1.54) is 29.6 Å². The first kappa shape index (κ1) is 21.6. The molecule has 0 unspecified atom stereocenters. The molecule has 0 amide bonds. The van der Waals surface area contributed by atoms with Crippen LogP contribution in [-0.2, 0) is 26.1 Å². The number of halogens is 1. The fraction of sp³-hybridized carbons (Fsp3) is 0.300. The second-order valence-electron chi connectivity index (χ2n) is 6.80. The minimum atomic E-state index is -3.86. The number of nitrogens with zero attached hydrogens (tertiary/aromatic N) is 3. The molecule has 31 heavy (non-hydrogen) atoms. The molecule has 3 heterocycles. The summed E-state index contributed by atoms with van der Waals surface area (Å²) in [4.78, 5) is 16.9. The Balaban J connectivity index is 1.54. The largest absolute Gasteiger partial charge is 0.495 e. The predicted octanol–water partition coefficient (Wildman–Crippen LogP) is 2.37. The summed E-state index contributed by atoms with van der Waals surface area (Å²) in [5.41, 5.74) is 1.29. The van der Waals surface area contributed by atoms with E-state index in [1.807, 2.05) is 0 Å². The summed E-state index contributed by atoms with van der Waals surface area (Å²) < 4.78 is 45.0. The fourth-order valence-electron chi connectivity index (χ4n) is 3.24. The van der Waals surface area contributed by atoms with Gasteiger partial charge in [0.2, 0.25) is 10.0 Å². The third-order valence-corrected chi connectivity index (χ3v) is 6.95. The number of esters is 1. The summed E-state index contributed by atoms with van der Waals surface area (Å²) in [6.07, 6.45) is 3.40. The minimum absolute atomic E-state index is 0.0737. The molecule has 1 aliphatic heterocycles. The van der Waals surface area contributed by atoms with Gasteiger partial charge in [0.25, 0.3) is 0 Å². The van der Waals surface area contributed by atoms with Crippen LogP contribution in [0.5, 0.6) is 5.75 Å². The van der Waals surface area contributed by atoms with Crippen LogP contribution >= 0.6 is 11.6 Å². The number of rotatable bonds is 6. The lowest BCUT2D eigenvalue weighted by Gasteiger charge is -2.26. The maximum absolute atomic E-state index is 13.1. The first-order valence-electron chi connectivity index (χ1n) is 9.44. The highest BCUT2D eigenvalue weighted by atomic mass is 35.5. The molecule has 0 aliphatic carbocycles. The third-order valence-electron chi connectivity index (χ3n) is 4.80. The van der Waals surface area contributed by atoms with Gasteiger partial charge >= 0.3 is 5.97 Å². The highest BCUT2D eigenvalue weighted by molar-refractivity contribution is 7.89. The van der Waals surface area contributed by atoms with E-state index in [-0.39, 0.29) is 35.9 Å². The molecule has 0 bridgehead atoms. The van der Waals surface area contributed by atoms with Crippen molar-refractivity contribution in [2.75, 3.05) is 33.4 Å². The maximum Gasteiger partial charge on any atom is 0.338 e. The molecule has 0 radical (unpaired) electrons. The quantitative estimate of drug-likeness (QED) is 0.515. The highest BCUT2D eigenvalue weighted by Gasteiger charge is 2.30. The van der Waals surface area contributed by atoms with E-state index in [0.717, 1.165) is 0 Å². The number of ether oxygens (including phenoxy) is 3. The number of fused-ring (bicyclic) bond motifs is 1. The third kappa shape index (κ3) is 4.52. The van der Waals surface area contributed by atoms with Crippen LogP contribution in [-0.4, -0.2) is 61.5 Å². The number of pyridine rings is 1. The number of sulfonamides is 1. The van der Waals surface area contributed by atoms with E-state index < -0.39 is 16.0 Å². The van der Waals surface area contributed by atoms with Crippen LogP contribution < -0.4 is 4.74 Å². The summed E-state index contributed by atoms with van der Waals surface area (Å²) in [6, 6.07) is 7.64. The molecule has 1 saturated heterocycles. The van der Waals surface area contributed by atoms with Gasteiger partial charge in [0.05, 0.1) is 36.6 Å². The van der Waals surface area contributed by atoms with Gasteiger partial charge in [-0.3, -0.25) is 0 Å². The van der Waals surface area contributed by atoms with Crippen molar-refractivity contribution < 1.29 is 27.4 Å². The average Bonchev–Trinajstić information content (AvgIpc) is 3.19. The number of hydrogen-bond donors (Lipinski definition) is 0. The Hall–Kier alpha value is -2.66. The summed E-state index contributed by atoms with van der Waals surface area (Å²) >= 11 is 5.96. The lowest BCUT2D eigenvalue weighted by atomic mass is 10.2. The molecule has 0 spiro atoms. The van der Waals surface area contributed by atoms with Crippen LogP contribution in [0.25, 0.3) is 5.65 Å². The van der Waals surface area contributed by atoms with Crippen LogP contribution in [0.3, 0.4) is 0 Å². The van der Waals surface area contributed by atoms with Crippen LogP contribution in [0.1, 0.15) is 16.1 Å². The molecule has 0 atom stereocenters. The second kappa shape index (κ2) is 8.83. The van der Waals surface area contributed by atoms with Crippen LogP contribution in [0.4, 0.5) is 0 Å². The maximum atomic E-state index is 13.1. The first-order chi connectivity index (χ1) is 14.9. The molecule has 1 aromatic carbocycles. The van der Waals surface area contributed by atoms with E-state index in [9.17, 15) is 13.2 Å². The molecule has 2 aromatic heterocycles. The summed E-state index contributed by atoms with van der Waals surface area (Å²) in [5.74, 6) is -0.517. The number of morpholine rings is 1.